The Bertz CT molecular complexity index is 253. The minimum Gasteiger partial charge on any atom is -0.352 e. The SMILES string of the molecule is CCCC(C)NC(=O)C1CC2CCCCC2N1. The molecule has 2 rings (SSSR count). The van der Waals surface area contributed by atoms with Crippen molar-refractivity contribution in [1.29, 1.82) is 0 Å². The van der Waals surface area contributed by atoms with Crippen molar-refractivity contribution in [2.45, 2.75) is 76.9 Å². The molecule has 0 aromatic carbocycles. The first-order chi connectivity index (χ1) is 8.20. The standard InChI is InChI=1S/C14H26N2O/c1-3-6-10(2)15-14(17)13-9-11-7-4-5-8-12(11)16-13/h10-13,16H,3-9H2,1-2H3,(H,15,17). The van der Waals surface area contributed by atoms with Crippen LogP contribution in [-0.2, 0) is 4.79 Å². The van der Waals surface area contributed by atoms with Crippen LogP contribution >= 0.6 is 0 Å². The number of carbonyl (C=O) groups is 1. The van der Waals surface area contributed by atoms with Crippen LogP contribution in [-0.4, -0.2) is 24.0 Å². The molecular weight excluding hydrogens is 212 g/mol. The van der Waals surface area contributed by atoms with Crippen molar-refractivity contribution in [3.05, 3.63) is 0 Å². The van der Waals surface area contributed by atoms with Gasteiger partial charge in [-0.3, -0.25) is 4.79 Å². The lowest BCUT2D eigenvalue weighted by molar-refractivity contribution is -0.123. The van der Waals surface area contributed by atoms with Gasteiger partial charge in [-0.2, -0.15) is 0 Å². The third kappa shape index (κ3) is 3.21. The van der Waals surface area contributed by atoms with E-state index in [-0.39, 0.29) is 11.9 Å². The van der Waals surface area contributed by atoms with Gasteiger partial charge in [-0.25, -0.2) is 0 Å². The maximum absolute atomic E-state index is 12.1. The van der Waals surface area contributed by atoms with Gasteiger partial charge in [-0.1, -0.05) is 26.2 Å². The van der Waals surface area contributed by atoms with Crippen molar-refractivity contribution in [3.8, 4) is 0 Å². The predicted octanol–water partition coefficient (Wildman–Crippen LogP) is 2.21. The molecule has 2 N–H and O–H groups in total. The van der Waals surface area contributed by atoms with Gasteiger partial charge in [0.25, 0.3) is 0 Å². The smallest absolute Gasteiger partial charge is 0.237 e. The van der Waals surface area contributed by atoms with Crippen LogP contribution in [0.15, 0.2) is 0 Å². The summed E-state index contributed by atoms with van der Waals surface area (Å²) in [6.07, 6.45) is 8.51. The van der Waals surface area contributed by atoms with E-state index in [1.165, 1.54) is 25.7 Å². The van der Waals surface area contributed by atoms with Crippen molar-refractivity contribution >= 4 is 5.91 Å². The second kappa shape index (κ2) is 5.85. The molecule has 1 saturated heterocycles. The predicted molar refractivity (Wildman–Crippen MR) is 69.8 cm³/mol. The highest BCUT2D eigenvalue weighted by atomic mass is 16.2. The zero-order valence-electron chi connectivity index (χ0n) is 11.2. The van der Waals surface area contributed by atoms with Gasteiger partial charge in [0.05, 0.1) is 6.04 Å². The van der Waals surface area contributed by atoms with Gasteiger partial charge in [0.15, 0.2) is 0 Å². The van der Waals surface area contributed by atoms with Crippen LogP contribution in [0.1, 0.15) is 58.8 Å². The summed E-state index contributed by atoms with van der Waals surface area (Å²) in [6.45, 7) is 4.26. The van der Waals surface area contributed by atoms with Crippen molar-refractivity contribution in [3.63, 3.8) is 0 Å². The Hall–Kier alpha value is -0.570. The number of fused-ring (bicyclic) bond motifs is 1. The molecule has 1 aliphatic carbocycles. The first-order valence-corrected chi connectivity index (χ1v) is 7.27. The molecule has 1 saturated carbocycles. The van der Waals surface area contributed by atoms with Gasteiger partial charge < -0.3 is 10.6 Å². The number of rotatable bonds is 4. The van der Waals surface area contributed by atoms with Crippen molar-refractivity contribution in [1.82, 2.24) is 10.6 Å². The quantitative estimate of drug-likeness (QED) is 0.788. The van der Waals surface area contributed by atoms with Crippen molar-refractivity contribution in [2.24, 2.45) is 5.92 Å². The lowest BCUT2D eigenvalue weighted by Crippen LogP contribution is -2.46. The Balaban J connectivity index is 1.80. The first-order valence-electron chi connectivity index (χ1n) is 7.27. The zero-order valence-corrected chi connectivity index (χ0v) is 11.2. The average Bonchev–Trinajstić information content (AvgIpc) is 2.72. The molecule has 2 fully saturated rings. The normalized spacial score (nSPS) is 34.1. The topological polar surface area (TPSA) is 41.1 Å². The Kier molecular flexibility index (Phi) is 4.43. The summed E-state index contributed by atoms with van der Waals surface area (Å²) >= 11 is 0. The van der Waals surface area contributed by atoms with Crippen LogP contribution in [0.3, 0.4) is 0 Å². The molecule has 17 heavy (non-hydrogen) atoms. The van der Waals surface area contributed by atoms with E-state index in [2.05, 4.69) is 24.5 Å². The van der Waals surface area contributed by atoms with Crippen LogP contribution < -0.4 is 10.6 Å². The molecule has 3 nitrogen and oxygen atoms in total. The molecule has 0 aromatic heterocycles. The fraction of sp³-hybridized carbons (Fsp3) is 0.929. The van der Waals surface area contributed by atoms with E-state index in [1.807, 2.05) is 0 Å². The van der Waals surface area contributed by atoms with Gasteiger partial charge >= 0.3 is 0 Å². The fourth-order valence-corrected chi connectivity index (χ4v) is 3.37. The summed E-state index contributed by atoms with van der Waals surface area (Å²) in [5.41, 5.74) is 0. The molecule has 0 aromatic rings. The van der Waals surface area contributed by atoms with Crippen LogP contribution in [0.25, 0.3) is 0 Å². The maximum atomic E-state index is 12.1. The highest BCUT2D eigenvalue weighted by Gasteiger charge is 2.38. The highest BCUT2D eigenvalue weighted by molar-refractivity contribution is 5.82. The fourth-order valence-electron chi connectivity index (χ4n) is 3.37. The minimum absolute atomic E-state index is 0.0717. The largest absolute Gasteiger partial charge is 0.352 e. The Morgan fingerprint density at radius 2 is 2.18 bits per heavy atom. The second-order valence-corrected chi connectivity index (χ2v) is 5.80. The van der Waals surface area contributed by atoms with E-state index in [0.717, 1.165) is 25.2 Å². The van der Waals surface area contributed by atoms with Gasteiger partial charge in [0.1, 0.15) is 0 Å². The van der Waals surface area contributed by atoms with Crippen LogP contribution in [0.4, 0.5) is 0 Å². The second-order valence-electron chi connectivity index (χ2n) is 5.80. The summed E-state index contributed by atoms with van der Waals surface area (Å²) in [4.78, 5) is 12.1. The third-order valence-corrected chi connectivity index (χ3v) is 4.29. The lowest BCUT2D eigenvalue weighted by Gasteiger charge is -2.24. The van der Waals surface area contributed by atoms with Crippen molar-refractivity contribution in [2.75, 3.05) is 0 Å². The summed E-state index contributed by atoms with van der Waals surface area (Å²) in [7, 11) is 0. The molecule has 2 aliphatic rings. The molecule has 1 heterocycles. The molecule has 4 atom stereocenters. The molecule has 0 bridgehead atoms. The van der Waals surface area contributed by atoms with Crippen molar-refractivity contribution < 1.29 is 4.79 Å². The number of hydrogen-bond acceptors (Lipinski definition) is 2. The van der Waals surface area contributed by atoms with Crippen LogP contribution in [0.2, 0.25) is 0 Å². The maximum Gasteiger partial charge on any atom is 0.237 e. The number of amides is 1. The van der Waals surface area contributed by atoms with E-state index in [0.29, 0.717) is 12.1 Å². The molecule has 4 unspecified atom stereocenters. The summed E-state index contributed by atoms with van der Waals surface area (Å²) in [5, 5.41) is 6.66. The van der Waals surface area contributed by atoms with E-state index < -0.39 is 0 Å². The lowest BCUT2D eigenvalue weighted by atomic mass is 9.85. The monoisotopic (exact) mass is 238 g/mol. The van der Waals surface area contributed by atoms with E-state index in [9.17, 15) is 4.79 Å². The Labute approximate surface area is 105 Å². The van der Waals surface area contributed by atoms with Gasteiger partial charge in [-0.05, 0) is 38.5 Å². The highest BCUT2D eigenvalue weighted by Crippen LogP contribution is 2.33. The Morgan fingerprint density at radius 3 is 2.88 bits per heavy atom. The minimum atomic E-state index is 0.0717. The van der Waals surface area contributed by atoms with Gasteiger partial charge in [-0.15, -0.1) is 0 Å². The van der Waals surface area contributed by atoms with Gasteiger partial charge in [0.2, 0.25) is 5.91 Å². The van der Waals surface area contributed by atoms with E-state index in [1.54, 1.807) is 0 Å². The molecule has 1 aliphatic heterocycles. The van der Waals surface area contributed by atoms with Crippen LogP contribution in [0, 0.1) is 5.92 Å². The number of hydrogen-bond donors (Lipinski definition) is 2. The molecule has 3 heteroatoms. The zero-order chi connectivity index (χ0) is 12.3. The molecule has 1 amide bonds. The average molecular weight is 238 g/mol. The summed E-state index contributed by atoms with van der Waals surface area (Å²) in [5.74, 6) is 0.973. The number of nitrogens with one attached hydrogen (secondary N) is 2. The Morgan fingerprint density at radius 1 is 1.41 bits per heavy atom. The molecule has 0 radical (unpaired) electrons. The van der Waals surface area contributed by atoms with Gasteiger partial charge in [0, 0.05) is 12.1 Å². The third-order valence-electron chi connectivity index (χ3n) is 4.29. The van der Waals surface area contributed by atoms with E-state index in [4.69, 9.17) is 0 Å². The first kappa shape index (κ1) is 12.9. The van der Waals surface area contributed by atoms with E-state index >= 15 is 0 Å². The van der Waals surface area contributed by atoms with Crippen LogP contribution in [0.5, 0.6) is 0 Å². The summed E-state index contributed by atoms with van der Waals surface area (Å²) in [6, 6.07) is 1.00. The molecular formula is C14H26N2O. The molecule has 0 spiro atoms. The number of carbonyl (C=O) groups excluding carboxylic acids is 1. The summed E-state index contributed by atoms with van der Waals surface area (Å²) < 4.78 is 0. The molecule has 98 valence electrons.